The quantitative estimate of drug-likeness (QED) is 0.529. The minimum atomic E-state index is -0.177. The molecule has 2 fully saturated rings. The molecule has 0 bridgehead atoms. The van der Waals surface area contributed by atoms with Crippen LogP contribution in [-0.2, 0) is 4.74 Å². The fourth-order valence-corrected chi connectivity index (χ4v) is 4.57. The second kappa shape index (κ2) is 9.67. The predicted octanol–water partition coefficient (Wildman–Crippen LogP) is 6.25. The van der Waals surface area contributed by atoms with Crippen molar-refractivity contribution in [2.75, 3.05) is 6.61 Å². The molecule has 0 heterocycles. The van der Waals surface area contributed by atoms with Gasteiger partial charge in [0.1, 0.15) is 0 Å². The molecule has 2 aliphatic carbocycles. The smallest absolute Gasteiger partial charge is 0.0807 e. The largest absolute Gasteiger partial charge is 0.377 e. The molecule has 0 aliphatic heterocycles. The topological polar surface area (TPSA) is 33.0 Å². The van der Waals surface area contributed by atoms with Gasteiger partial charge in [0.25, 0.3) is 0 Å². The van der Waals surface area contributed by atoms with Crippen LogP contribution in [0.15, 0.2) is 0 Å². The Balaban J connectivity index is 1.70. The molecule has 2 rings (SSSR count). The molecule has 23 heavy (non-hydrogen) atoms. The molecule has 2 nitrogen and oxygen atoms in total. The predicted molar refractivity (Wildman–Crippen MR) is 96.1 cm³/mol. The summed E-state index contributed by atoms with van der Waals surface area (Å²) in [5.74, 6) is 1.79. The van der Waals surface area contributed by atoms with Crippen LogP contribution in [0.2, 0.25) is 0 Å². The average Bonchev–Trinajstić information content (AvgIpc) is 2.61. The molecule has 0 unspecified atom stereocenters. The van der Waals surface area contributed by atoms with E-state index in [1.54, 1.807) is 0 Å². The monoisotopic (exact) mass is 319 g/mol. The number of hydrogen-bond acceptors (Lipinski definition) is 2. The first-order chi connectivity index (χ1) is 11.2. The number of ether oxygens (including phenoxy) is 1. The van der Waals surface area contributed by atoms with Crippen LogP contribution in [0, 0.1) is 28.6 Å². The van der Waals surface area contributed by atoms with E-state index in [0.29, 0.717) is 12.7 Å². The lowest BCUT2D eigenvalue weighted by molar-refractivity contribution is -0.0299. The zero-order valence-electron chi connectivity index (χ0n) is 15.5. The molecule has 2 heteroatoms. The van der Waals surface area contributed by atoms with Crippen molar-refractivity contribution >= 4 is 0 Å². The standard InChI is InChI=1S/C21H37NO/c1-3-5-7-19-8-10-20(11-9-19)23-17-21(16-22)14-12-18(6-4-2)13-15-21/h18-20H,3-15,17H2,1-2H3/t18-,19-,20-,21+. The molecule has 0 saturated heterocycles. The Morgan fingerprint density at radius 3 is 2.13 bits per heavy atom. The van der Waals surface area contributed by atoms with E-state index in [4.69, 9.17) is 4.74 Å². The Bertz CT molecular complexity index is 357. The lowest BCUT2D eigenvalue weighted by atomic mass is 9.71. The number of hydrogen-bond donors (Lipinski definition) is 0. The Morgan fingerprint density at radius 1 is 0.913 bits per heavy atom. The molecular formula is C21H37NO. The zero-order valence-corrected chi connectivity index (χ0v) is 15.5. The highest BCUT2D eigenvalue weighted by Crippen LogP contribution is 2.41. The Morgan fingerprint density at radius 2 is 1.57 bits per heavy atom. The van der Waals surface area contributed by atoms with Gasteiger partial charge >= 0.3 is 0 Å². The minimum Gasteiger partial charge on any atom is -0.377 e. The molecular weight excluding hydrogens is 282 g/mol. The van der Waals surface area contributed by atoms with Gasteiger partial charge in [-0.3, -0.25) is 0 Å². The van der Waals surface area contributed by atoms with E-state index in [2.05, 4.69) is 19.9 Å². The molecule has 0 spiro atoms. The molecule has 132 valence electrons. The first-order valence-corrected chi connectivity index (χ1v) is 10.2. The van der Waals surface area contributed by atoms with Crippen LogP contribution in [0.4, 0.5) is 0 Å². The first-order valence-electron chi connectivity index (χ1n) is 10.2. The van der Waals surface area contributed by atoms with Crippen molar-refractivity contribution in [3.8, 4) is 6.07 Å². The third kappa shape index (κ3) is 5.79. The SMILES string of the molecule is CCCC[C@H]1CC[C@H](OC[C@]2(C#N)CC[C@H](CCC)CC2)CC1. The van der Waals surface area contributed by atoms with Crippen LogP contribution in [0.5, 0.6) is 0 Å². The molecule has 0 aromatic rings. The van der Waals surface area contributed by atoms with Gasteiger partial charge in [0.05, 0.1) is 24.2 Å². The highest BCUT2D eigenvalue weighted by molar-refractivity contribution is 5.02. The van der Waals surface area contributed by atoms with Crippen LogP contribution in [0.3, 0.4) is 0 Å². The van der Waals surface area contributed by atoms with Crippen molar-refractivity contribution in [3.05, 3.63) is 0 Å². The van der Waals surface area contributed by atoms with Crippen LogP contribution in [-0.4, -0.2) is 12.7 Å². The van der Waals surface area contributed by atoms with Gasteiger partial charge in [0.2, 0.25) is 0 Å². The Hall–Kier alpha value is -0.550. The van der Waals surface area contributed by atoms with Gasteiger partial charge in [-0.05, 0) is 63.2 Å². The maximum absolute atomic E-state index is 9.70. The molecule has 0 aromatic carbocycles. The van der Waals surface area contributed by atoms with Crippen LogP contribution >= 0.6 is 0 Å². The highest BCUT2D eigenvalue weighted by atomic mass is 16.5. The summed E-state index contributed by atoms with van der Waals surface area (Å²) in [6, 6.07) is 2.63. The molecule has 0 atom stereocenters. The summed E-state index contributed by atoms with van der Waals surface area (Å²) in [6.07, 6.45) is 16.8. The van der Waals surface area contributed by atoms with Gasteiger partial charge in [-0.25, -0.2) is 0 Å². The fourth-order valence-electron chi connectivity index (χ4n) is 4.57. The second-order valence-electron chi connectivity index (χ2n) is 8.22. The van der Waals surface area contributed by atoms with E-state index in [0.717, 1.165) is 24.7 Å². The van der Waals surface area contributed by atoms with Gasteiger partial charge in [0, 0.05) is 0 Å². The van der Waals surface area contributed by atoms with Gasteiger partial charge in [-0.2, -0.15) is 5.26 Å². The van der Waals surface area contributed by atoms with Crippen molar-refractivity contribution in [1.29, 1.82) is 5.26 Å². The zero-order chi connectivity index (χ0) is 16.5. The van der Waals surface area contributed by atoms with E-state index in [9.17, 15) is 5.26 Å². The molecule has 0 N–H and O–H groups in total. The number of unbranched alkanes of at least 4 members (excludes halogenated alkanes) is 1. The Labute approximate surface area is 144 Å². The van der Waals surface area contributed by atoms with Crippen molar-refractivity contribution in [2.45, 2.75) is 103 Å². The lowest BCUT2D eigenvalue weighted by Crippen LogP contribution is -2.33. The maximum Gasteiger partial charge on any atom is 0.0807 e. The van der Waals surface area contributed by atoms with Crippen molar-refractivity contribution in [2.24, 2.45) is 17.3 Å². The minimum absolute atomic E-state index is 0.177. The summed E-state index contributed by atoms with van der Waals surface area (Å²) >= 11 is 0. The van der Waals surface area contributed by atoms with Crippen molar-refractivity contribution < 1.29 is 4.74 Å². The summed E-state index contributed by atoms with van der Waals surface area (Å²) in [5.41, 5.74) is -0.177. The van der Waals surface area contributed by atoms with E-state index in [1.165, 1.54) is 70.6 Å². The summed E-state index contributed by atoms with van der Waals surface area (Å²) in [7, 11) is 0. The van der Waals surface area contributed by atoms with Gasteiger partial charge in [0.15, 0.2) is 0 Å². The molecule has 2 aliphatic rings. The molecule has 0 radical (unpaired) electrons. The third-order valence-corrected chi connectivity index (χ3v) is 6.35. The third-order valence-electron chi connectivity index (χ3n) is 6.35. The molecule has 2 saturated carbocycles. The Kier molecular flexibility index (Phi) is 7.90. The van der Waals surface area contributed by atoms with E-state index >= 15 is 0 Å². The molecule has 0 aromatic heterocycles. The van der Waals surface area contributed by atoms with E-state index in [1.807, 2.05) is 0 Å². The second-order valence-corrected chi connectivity index (χ2v) is 8.22. The fraction of sp³-hybridized carbons (Fsp3) is 0.952. The van der Waals surface area contributed by atoms with Gasteiger partial charge in [-0.1, -0.05) is 46.0 Å². The summed E-state index contributed by atoms with van der Waals surface area (Å²) in [4.78, 5) is 0. The van der Waals surface area contributed by atoms with E-state index < -0.39 is 0 Å². The first kappa shape index (κ1) is 18.8. The summed E-state index contributed by atoms with van der Waals surface area (Å²) < 4.78 is 6.24. The number of nitriles is 1. The van der Waals surface area contributed by atoms with Crippen LogP contribution in [0.1, 0.15) is 97.3 Å². The van der Waals surface area contributed by atoms with Gasteiger partial charge < -0.3 is 4.74 Å². The maximum atomic E-state index is 9.70. The number of nitrogens with zero attached hydrogens (tertiary/aromatic N) is 1. The molecule has 0 amide bonds. The van der Waals surface area contributed by atoms with E-state index in [-0.39, 0.29) is 5.41 Å². The van der Waals surface area contributed by atoms with Crippen LogP contribution in [0.25, 0.3) is 0 Å². The summed E-state index contributed by atoms with van der Waals surface area (Å²) in [5, 5.41) is 9.70. The van der Waals surface area contributed by atoms with Gasteiger partial charge in [-0.15, -0.1) is 0 Å². The number of rotatable bonds is 8. The van der Waals surface area contributed by atoms with Crippen molar-refractivity contribution in [3.63, 3.8) is 0 Å². The normalized spacial score (nSPS) is 34.9. The summed E-state index contributed by atoms with van der Waals surface area (Å²) in [6.45, 7) is 5.24. The lowest BCUT2D eigenvalue weighted by Gasteiger charge is -2.37. The average molecular weight is 320 g/mol. The van der Waals surface area contributed by atoms with Crippen molar-refractivity contribution in [1.82, 2.24) is 0 Å². The highest BCUT2D eigenvalue weighted by Gasteiger charge is 2.36. The van der Waals surface area contributed by atoms with Crippen LogP contribution < -0.4 is 0 Å².